The lowest BCUT2D eigenvalue weighted by Crippen LogP contribution is -2.31. The van der Waals surface area contributed by atoms with Crippen LogP contribution in [-0.4, -0.2) is 44.0 Å². The zero-order valence-corrected chi connectivity index (χ0v) is 17.5. The summed E-state index contributed by atoms with van der Waals surface area (Å²) < 4.78 is 0. The molecule has 0 aliphatic heterocycles. The highest BCUT2D eigenvalue weighted by Gasteiger charge is 2.27. The maximum atomic E-state index is 12.6. The van der Waals surface area contributed by atoms with E-state index in [0.717, 1.165) is 11.8 Å². The topological polar surface area (TPSA) is 109 Å². The van der Waals surface area contributed by atoms with Crippen molar-refractivity contribution < 1.29 is 9.59 Å². The summed E-state index contributed by atoms with van der Waals surface area (Å²) in [6.45, 7) is 9.26. The van der Waals surface area contributed by atoms with Gasteiger partial charge in [-0.25, -0.2) is 0 Å². The zero-order valence-electron chi connectivity index (χ0n) is 16.7. The van der Waals surface area contributed by atoms with Gasteiger partial charge in [0.2, 0.25) is 17.8 Å². The molecule has 1 atom stereocenters. The molecule has 0 aliphatic rings. The molecule has 0 bridgehead atoms. The molecular formula is C19H26N6O2S. The molecule has 0 radical (unpaired) electrons. The van der Waals surface area contributed by atoms with E-state index in [-0.39, 0.29) is 17.9 Å². The van der Waals surface area contributed by atoms with Crippen molar-refractivity contribution in [3.05, 3.63) is 30.3 Å². The highest BCUT2D eigenvalue weighted by Crippen LogP contribution is 2.24. The van der Waals surface area contributed by atoms with Crippen LogP contribution >= 0.6 is 11.8 Å². The van der Waals surface area contributed by atoms with Crippen LogP contribution in [0.5, 0.6) is 0 Å². The molecule has 0 aliphatic carbocycles. The molecule has 9 heteroatoms. The zero-order chi connectivity index (χ0) is 20.7. The quantitative estimate of drug-likeness (QED) is 0.433. The van der Waals surface area contributed by atoms with Gasteiger partial charge in [-0.3, -0.25) is 9.59 Å². The number of para-hydroxylation sites is 1. The number of hydrogen-bond acceptors (Lipinski definition) is 8. The summed E-state index contributed by atoms with van der Waals surface area (Å²) in [6, 6.07) is 9.24. The Morgan fingerprint density at radius 1 is 0.893 bits per heavy atom. The van der Waals surface area contributed by atoms with Crippen LogP contribution in [0, 0.1) is 0 Å². The Morgan fingerprint density at radius 2 is 1.43 bits per heavy atom. The fraction of sp³-hybridized carbons (Fsp3) is 0.421. The molecule has 28 heavy (non-hydrogen) atoms. The number of carbonyl (C=O) groups excluding carboxylic acids is 2. The van der Waals surface area contributed by atoms with Gasteiger partial charge in [-0.05, 0) is 46.8 Å². The van der Waals surface area contributed by atoms with Crippen molar-refractivity contribution in [1.29, 1.82) is 0 Å². The second kappa shape index (κ2) is 10.0. The van der Waals surface area contributed by atoms with Gasteiger partial charge in [0.05, 0.1) is 0 Å². The molecule has 150 valence electrons. The molecule has 0 spiro atoms. The predicted molar refractivity (Wildman–Crippen MR) is 113 cm³/mol. The van der Waals surface area contributed by atoms with Crippen LogP contribution in [0.3, 0.4) is 0 Å². The normalized spacial score (nSPS) is 12.0. The van der Waals surface area contributed by atoms with Crippen LogP contribution in [-0.2, 0) is 9.59 Å². The third-order valence-electron chi connectivity index (χ3n) is 3.32. The summed E-state index contributed by atoms with van der Waals surface area (Å²) in [5.74, 6) is 0.0827. The molecule has 8 nitrogen and oxygen atoms in total. The molecule has 0 saturated heterocycles. The summed E-state index contributed by atoms with van der Waals surface area (Å²) in [7, 11) is 0. The van der Waals surface area contributed by atoms with Crippen LogP contribution in [0.15, 0.2) is 35.5 Å². The largest absolute Gasteiger partial charge is 0.352 e. The van der Waals surface area contributed by atoms with Crippen molar-refractivity contribution in [1.82, 2.24) is 15.0 Å². The van der Waals surface area contributed by atoms with Crippen LogP contribution in [0.25, 0.3) is 0 Å². The van der Waals surface area contributed by atoms with Crippen molar-refractivity contribution in [2.75, 3.05) is 16.0 Å². The van der Waals surface area contributed by atoms with Crippen molar-refractivity contribution in [3.8, 4) is 0 Å². The van der Waals surface area contributed by atoms with Crippen LogP contribution < -0.4 is 16.0 Å². The first-order valence-corrected chi connectivity index (χ1v) is 9.94. The SMILES string of the molecule is CC(=O)[C@@H](Sc1nc(NC(C)C)nc(NC(C)C)n1)C(=O)Nc1ccccc1. The summed E-state index contributed by atoms with van der Waals surface area (Å²) in [4.78, 5) is 37.8. The Balaban J connectivity index is 2.24. The van der Waals surface area contributed by atoms with Crippen LogP contribution in [0.2, 0.25) is 0 Å². The van der Waals surface area contributed by atoms with Crippen LogP contribution in [0.4, 0.5) is 17.6 Å². The van der Waals surface area contributed by atoms with Crippen molar-refractivity contribution in [2.24, 2.45) is 0 Å². The second-order valence-corrected chi connectivity index (χ2v) is 7.90. The first kappa shape index (κ1) is 21.6. The number of aromatic nitrogens is 3. The lowest BCUT2D eigenvalue weighted by Gasteiger charge is -2.16. The maximum Gasteiger partial charge on any atom is 0.245 e. The molecule has 3 N–H and O–H groups in total. The van der Waals surface area contributed by atoms with E-state index in [0.29, 0.717) is 22.7 Å². The maximum absolute atomic E-state index is 12.6. The van der Waals surface area contributed by atoms with Crippen molar-refractivity contribution in [2.45, 2.75) is 57.1 Å². The highest BCUT2D eigenvalue weighted by atomic mass is 32.2. The smallest absolute Gasteiger partial charge is 0.245 e. The average Bonchev–Trinajstić information content (AvgIpc) is 2.58. The second-order valence-electron chi connectivity index (χ2n) is 6.83. The standard InChI is InChI=1S/C19H26N6O2S/c1-11(2)20-17-23-18(21-12(3)4)25-19(24-17)28-15(13(5)26)16(27)22-14-9-7-6-8-10-14/h6-12,15H,1-5H3,(H,22,27)(H2,20,21,23,24,25)/t15-/m1/s1. The van der Waals surface area contributed by atoms with E-state index in [9.17, 15) is 9.59 Å². The third-order valence-corrected chi connectivity index (χ3v) is 4.50. The van der Waals surface area contributed by atoms with Gasteiger partial charge in [0.25, 0.3) is 0 Å². The average molecular weight is 403 g/mol. The van der Waals surface area contributed by atoms with E-state index in [1.807, 2.05) is 45.9 Å². The number of amides is 1. The van der Waals surface area contributed by atoms with E-state index in [2.05, 4.69) is 30.9 Å². The number of rotatable bonds is 9. The number of benzene rings is 1. The number of carbonyl (C=O) groups is 2. The first-order valence-electron chi connectivity index (χ1n) is 9.06. The molecule has 0 saturated carbocycles. The number of Topliss-reactive ketones (excluding diaryl/α,β-unsaturated/α-hetero) is 1. The molecule has 1 amide bonds. The summed E-state index contributed by atoms with van der Waals surface area (Å²) in [5, 5.41) is 8.34. The van der Waals surface area contributed by atoms with Gasteiger partial charge in [-0.1, -0.05) is 30.0 Å². The Labute approximate surface area is 169 Å². The van der Waals surface area contributed by atoms with Crippen molar-refractivity contribution in [3.63, 3.8) is 0 Å². The van der Waals surface area contributed by atoms with Crippen LogP contribution in [0.1, 0.15) is 34.6 Å². The van der Waals surface area contributed by atoms with E-state index < -0.39 is 11.2 Å². The molecule has 1 aromatic carbocycles. The Kier molecular flexibility index (Phi) is 7.74. The lowest BCUT2D eigenvalue weighted by atomic mass is 10.2. The molecule has 0 fully saturated rings. The number of anilines is 3. The fourth-order valence-corrected chi connectivity index (χ4v) is 3.03. The van der Waals surface area contributed by atoms with Crippen molar-refractivity contribution >= 4 is 41.0 Å². The van der Waals surface area contributed by atoms with E-state index in [1.54, 1.807) is 12.1 Å². The van der Waals surface area contributed by atoms with Gasteiger partial charge in [-0.2, -0.15) is 15.0 Å². The molecule has 1 heterocycles. The number of thioether (sulfide) groups is 1. The Bertz CT molecular complexity index is 785. The first-order chi connectivity index (χ1) is 13.2. The van der Waals surface area contributed by atoms with E-state index in [1.165, 1.54) is 6.92 Å². The predicted octanol–water partition coefficient (Wildman–Crippen LogP) is 3.20. The summed E-state index contributed by atoms with van der Waals surface area (Å²) in [5.41, 5.74) is 0.624. The minimum Gasteiger partial charge on any atom is -0.352 e. The number of ketones is 1. The Hall–Kier alpha value is -2.68. The molecule has 2 aromatic rings. The minimum atomic E-state index is -0.971. The monoisotopic (exact) mass is 402 g/mol. The third kappa shape index (κ3) is 6.80. The van der Waals surface area contributed by atoms with E-state index >= 15 is 0 Å². The van der Waals surface area contributed by atoms with Gasteiger partial charge in [-0.15, -0.1) is 0 Å². The molecular weight excluding hydrogens is 376 g/mol. The minimum absolute atomic E-state index is 0.122. The van der Waals surface area contributed by atoms with Gasteiger partial charge >= 0.3 is 0 Å². The van der Waals surface area contributed by atoms with Gasteiger partial charge < -0.3 is 16.0 Å². The lowest BCUT2D eigenvalue weighted by molar-refractivity contribution is -0.123. The summed E-state index contributed by atoms with van der Waals surface area (Å²) in [6.07, 6.45) is 0. The fourth-order valence-electron chi connectivity index (χ4n) is 2.21. The summed E-state index contributed by atoms with van der Waals surface area (Å²) >= 11 is 1.00. The van der Waals surface area contributed by atoms with Gasteiger partial charge in [0, 0.05) is 17.8 Å². The molecule has 2 rings (SSSR count). The number of nitrogens with one attached hydrogen (secondary N) is 3. The molecule has 0 unspecified atom stereocenters. The van der Waals surface area contributed by atoms with Gasteiger partial charge in [0.1, 0.15) is 5.25 Å². The highest BCUT2D eigenvalue weighted by molar-refractivity contribution is 8.01. The van der Waals surface area contributed by atoms with E-state index in [4.69, 9.17) is 0 Å². The number of nitrogens with zero attached hydrogens (tertiary/aromatic N) is 3. The number of hydrogen-bond donors (Lipinski definition) is 3. The Morgan fingerprint density at radius 3 is 1.89 bits per heavy atom. The molecule has 1 aromatic heterocycles. The van der Waals surface area contributed by atoms with Gasteiger partial charge in [0.15, 0.2) is 10.9 Å².